The van der Waals surface area contributed by atoms with Crippen molar-refractivity contribution in [1.29, 1.82) is 0 Å². The highest BCUT2D eigenvalue weighted by atomic mass is 35.5. The molecule has 1 aliphatic rings. The molecule has 0 aromatic heterocycles. The summed E-state index contributed by atoms with van der Waals surface area (Å²) in [5.74, 6) is 0.894. The average molecular weight is 297 g/mol. The number of amides is 1. The van der Waals surface area contributed by atoms with Crippen LogP contribution in [0.2, 0.25) is 5.02 Å². The molecule has 4 nitrogen and oxygen atoms in total. The standard InChI is InChI=1S/C15H21ClN2O2/c1-17-7-9-18(10-8-17)15(19)6-4-12-3-5-14(20-2)13(16)11-12/h3,5,11H,4,6-10H2,1-2H3. The Morgan fingerprint density at radius 2 is 2.00 bits per heavy atom. The van der Waals surface area contributed by atoms with E-state index in [0.717, 1.165) is 38.2 Å². The first kappa shape index (κ1) is 15.1. The second kappa shape index (κ2) is 6.95. The number of hydrogen-bond donors (Lipinski definition) is 0. The van der Waals surface area contributed by atoms with Gasteiger partial charge in [0, 0.05) is 32.6 Å². The fourth-order valence-electron chi connectivity index (χ4n) is 2.33. The van der Waals surface area contributed by atoms with Crippen LogP contribution in [-0.2, 0) is 11.2 Å². The molecular formula is C15H21ClN2O2. The molecule has 5 heteroatoms. The van der Waals surface area contributed by atoms with Crippen LogP contribution in [0.15, 0.2) is 18.2 Å². The van der Waals surface area contributed by atoms with Crippen molar-refractivity contribution in [3.05, 3.63) is 28.8 Å². The van der Waals surface area contributed by atoms with Gasteiger partial charge in [0.15, 0.2) is 0 Å². The van der Waals surface area contributed by atoms with Gasteiger partial charge < -0.3 is 14.5 Å². The monoisotopic (exact) mass is 296 g/mol. The van der Waals surface area contributed by atoms with Crippen molar-refractivity contribution in [2.45, 2.75) is 12.8 Å². The summed E-state index contributed by atoms with van der Waals surface area (Å²) in [6.07, 6.45) is 1.25. The molecule has 1 aliphatic heterocycles. The second-order valence-corrected chi connectivity index (χ2v) is 5.56. The maximum Gasteiger partial charge on any atom is 0.222 e. The van der Waals surface area contributed by atoms with Crippen molar-refractivity contribution in [1.82, 2.24) is 9.80 Å². The first-order valence-electron chi connectivity index (χ1n) is 6.89. The molecule has 20 heavy (non-hydrogen) atoms. The summed E-state index contributed by atoms with van der Waals surface area (Å²) in [6.45, 7) is 3.58. The number of methoxy groups -OCH3 is 1. The van der Waals surface area contributed by atoms with Crippen LogP contribution in [0.5, 0.6) is 5.75 Å². The fraction of sp³-hybridized carbons (Fsp3) is 0.533. The quantitative estimate of drug-likeness (QED) is 0.852. The topological polar surface area (TPSA) is 32.8 Å². The van der Waals surface area contributed by atoms with Gasteiger partial charge in [-0.2, -0.15) is 0 Å². The zero-order valence-electron chi connectivity index (χ0n) is 12.1. The van der Waals surface area contributed by atoms with Crippen molar-refractivity contribution in [2.75, 3.05) is 40.3 Å². The van der Waals surface area contributed by atoms with E-state index in [2.05, 4.69) is 11.9 Å². The van der Waals surface area contributed by atoms with Crippen LogP contribution in [0.25, 0.3) is 0 Å². The first-order chi connectivity index (χ1) is 9.60. The molecule has 2 rings (SSSR count). The van der Waals surface area contributed by atoms with E-state index in [9.17, 15) is 4.79 Å². The third kappa shape index (κ3) is 3.87. The predicted octanol–water partition coefficient (Wildman–Crippen LogP) is 2.06. The molecule has 0 N–H and O–H groups in total. The summed E-state index contributed by atoms with van der Waals surface area (Å²) in [6, 6.07) is 5.68. The zero-order valence-corrected chi connectivity index (χ0v) is 12.8. The number of benzene rings is 1. The molecule has 1 amide bonds. The lowest BCUT2D eigenvalue weighted by molar-refractivity contribution is -0.132. The van der Waals surface area contributed by atoms with E-state index in [1.165, 1.54) is 0 Å². The summed E-state index contributed by atoms with van der Waals surface area (Å²) in [5.41, 5.74) is 1.07. The van der Waals surface area contributed by atoms with Crippen molar-refractivity contribution in [3.8, 4) is 5.75 Å². The van der Waals surface area contributed by atoms with Crippen LogP contribution in [0.3, 0.4) is 0 Å². The number of halogens is 1. The molecule has 1 saturated heterocycles. The van der Waals surface area contributed by atoms with Crippen molar-refractivity contribution < 1.29 is 9.53 Å². The number of ether oxygens (including phenoxy) is 1. The van der Waals surface area contributed by atoms with E-state index in [1.807, 2.05) is 23.1 Å². The van der Waals surface area contributed by atoms with Gasteiger partial charge in [0.25, 0.3) is 0 Å². The zero-order chi connectivity index (χ0) is 14.5. The number of hydrogen-bond acceptors (Lipinski definition) is 3. The third-order valence-corrected chi connectivity index (χ3v) is 4.00. The SMILES string of the molecule is COc1ccc(CCC(=O)N2CCN(C)CC2)cc1Cl. The third-order valence-electron chi connectivity index (χ3n) is 3.70. The van der Waals surface area contributed by atoms with Crippen LogP contribution in [0.1, 0.15) is 12.0 Å². The second-order valence-electron chi connectivity index (χ2n) is 5.15. The van der Waals surface area contributed by atoms with Gasteiger partial charge in [0.05, 0.1) is 12.1 Å². The summed E-state index contributed by atoms with van der Waals surface area (Å²) >= 11 is 6.08. The van der Waals surface area contributed by atoms with Gasteiger partial charge in [-0.05, 0) is 31.2 Å². The normalized spacial score (nSPS) is 16.2. The average Bonchev–Trinajstić information content (AvgIpc) is 2.45. The van der Waals surface area contributed by atoms with E-state index in [1.54, 1.807) is 7.11 Å². The predicted molar refractivity (Wildman–Crippen MR) is 80.4 cm³/mol. The maximum absolute atomic E-state index is 12.1. The Hall–Kier alpha value is -1.26. The van der Waals surface area contributed by atoms with Gasteiger partial charge in [-0.25, -0.2) is 0 Å². The molecule has 1 aromatic rings. The molecule has 110 valence electrons. The molecular weight excluding hydrogens is 276 g/mol. The Kier molecular flexibility index (Phi) is 5.26. The minimum Gasteiger partial charge on any atom is -0.495 e. The fourth-order valence-corrected chi connectivity index (χ4v) is 2.61. The van der Waals surface area contributed by atoms with Crippen LogP contribution >= 0.6 is 11.6 Å². The highest BCUT2D eigenvalue weighted by Gasteiger charge is 2.18. The largest absolute Gasteiger partial charge is 0.495 e. The molecule has 1 aromatic carbocycles. The van der Waals surface area contributed by atoms with Crippen LogP contribution in [0.4, 0.5) is 0 Å². The minimum absolute atomic E-state index is 0.227. The van der Waals surface area contributed by atoms with Gasteiger partial charge in [0.1, 0.15) is 5.75 Å². The van der Waals surface area contributed by atoms with Crippen LogP contribution in [-0.4, -0.2) is 56.0 Å². The Morgan fingerprint density at radius 1 is 1.30 bits per heavy atom. The Bertz CT molecular complexity index is 471. The van der Waals surface area contributed by atoms with Crippen molar-refractivity contribution in [3.63, 3.8) is 0 Å². The Balaban J connectivity index is 1.85. The highest BCUT2D eigenvalue weighted by Crippen LogP contribution is 2.25. The summed E-state index contributed by atoms with van der Waals surface area (Å²) in [4.78, 5) is 16.3. The summed E-state index contributed by atoms with van der Waals surface area (Å²) in [7, 11) is 3.68. The Morgan fingerprint density at radius 3 is 2.60 bits per heavy atom. The molecule has 1 fully saturated rings. The number of carbonyl (C=O) groups excluding carboxylic acids is 1. The lowest BCUT2D eigenvalue weighted by atomic mass is 10.1. The van der Waals surface area contributed by atoms with Crippen LogP contribution < -0.4 is 4.74 Å². The molecule has 0 unspecified atom stereocenters. The number of carbonyl (C=O) groups is 1. The lowest BCUT2D eigenvalue weighted by Gasteiger charge is -2.32. The molecule has 0 radical (unpaired) electrons. The van der Waals surface area contributed by atoms with E-state index in [0.29, 0.717) is 17.2 Å². The number of likely N-dealkylation sites (N-methyl/N-ethyl adjacent to an activating group) is 1. The van der Waals surface area contributed by atoms with Crippen molar-refractivity contribution >= 4 is 17.5 Å². The maximum atomic E-state index is 12.1. The summed E-state index contributed by atoms with van der Waals surface area (Å²) < 4.78 is 5.12. The van der Waals surface area contributed by atoms with E-state index < -0.39 is 0 Å². The van der Waals surface area contributed by atoms with E-state index in [4.69, 9.17) is 16.3 Å². The molecule has 0 aliphatic carbocycles. The molecule has 1 heterocycles. The van der Waals surface area contributed by atoms with Crippen LogP contribution in [0, 0.1) is 0 Å². The number of rotatable bonds is 4. The molecule has 0 spiro atoms. The van der Waals surface area contributed by atoms with Gasteiger partial charge in [-0.3, -0.25) is 4.79 Å². The molecule has 0 bridgehead atoms. The smallest absolute Gasteiger partial charge is 0.222 e. The molecule has 0 atom stereocenters. The number of piperazine rings is 1. The van der Waals surface area contributed by atoms with Gasteiger partial charge in [-0.15, -0.1) is 0 Å². The van der Waals surface area contributed by atoms with Crippen molar-refractivity contribution in [2.24, 2.45) is 0 Å². The molecule has 0 saturated carbocycles. The Labute approximate surface area is 125 Å². The highest BCUT2D eigenvalue weighted by molar-refractivity contribution is 6.32. The number of aryl methyl sites for hydroxylation is 1. The first-order valence-corrected chi connectivity index (χ1v) is 7.26. The van der Waals surface area contributed by atoms with Gasteiger partial charge in [0.2, 0.25) is 5.91 Å². The minimum atomic E-state index is 0.227. The van der Waals surface area contributed by atoms with Gasteiger partial charge in [-0.1, -0.05) is 17.7 Å². The summed E-state index contributed by atoms with van der Waals surface area (Å²) in [5, 5.41) is 0.594. The van der Waals surface area contributed by atoms with E-state index >= 15 is 0 Å². The number of nitrogens with zero attached hydrogens (tertiary/aromatic N) is 2. The van der Waals surface area contributed by atoms with Gasteiger partial charge >= 0.3 is 0 Å². The van der Waals surface area contributed by atoms with E-state index in [-0.39, 0.29) is 5.91 Å². The lowest BCUT2D eigenvalue weighted by Crippen LogP contribution is -2.47.